The molecule has 3 aromatic carbocycles. The molecule has 0 fully saturated rings. The number of rotatable bonds is 0. The van der Waals surface area contributed by atoms with Crippen molar-refractivity contribution >= 4 is 62.7 Å². The molecule has 16 heavy (non-hydrogen) atoms. The van der Waals surface area contributed by atoms with E-state index in [4.69, 9.17) is 11.6 Å². The maximum atomic E-state index is 6.16. The summed E-state index contributed by atoms with van der Waals surface area (Å²) in [7, 11) is 0. The SMILES string of the molecule is Clc1cccc2cc3ccccc3cc12.[Na]. The van der Waals surface area contributed by atoms with E-state index in [2.05, 4.69) is 36.4 Å². The minimum Gasteiger partial charge on any atom is -0.0837 e. The first kappa shape index (κ1) is 11.9. The average molecular weight is 236 g/mol. The summed E-state index contributed by atoms with van der Waals surface area (Å²) in [4.78, 5) is 0. The Balaban J connectivity index is 0.000000963. The van der Waals surface area contributed by atoms with Crippen molar-refractivity contribution < 1.29 is 0 Å². The third-order valence-electron chi connectivity index (χ3n) is 2.69. The molecular formula is C14H9ClNa. The molecule has 0 aromatic heterocycles. The molecule has 0 amide bonds. The minimum absolute atomic E-state index is 0. The summed E-state index contributed by atoms with van der Waals surface area (Å²) in [6.07, 6.45) is 0. The molecule has 0 N–H and O–H groups in total. The Morgan fingerprint density at radius 1 is 0.688 bits per heavy atom. The number of hydrogen-bond donors (Lipinski definition) is 0. The average Bonchev–Trinajstić information content (AvgIpc) is 2.27. The van der Waals surface area contributed by atoms with E-state index < -0.39 is 0 Å². The molecule has 1 radical (unpaired) electrons. The summed E-state index contributed by atoms with van der Waals surface area (Å²) in [5.74, 6) is 0. The third-order valence-corrected chi connectivity index (χ3v) is 3.02. The summed E-state index contributed by atoms with van der Waals surface area (Å²) in [6.45, 7) is 0. The van der Waals surface area contributed by atoms with Gasteiger partial charge in [-0.25, -0.2) is 0 Å². The number of fused-ring (bicyclic) bond motifs is 2. The molecular weight excluding hydrogens is 227 g/mol. The molecule has 0 bridgehead atoms. The smallest absolute Gasteiger partial charge is 0.0484 e. The first-order chi connectivity index (χ1) is 7.34. The van der Waals surface area contributed by atoms with Gasteiger partial charge in [-0.1, -0.05) is 48.0 Å². The predicted molar refractivity (Wildman–Crippen MR) is 72.2 cm³/mol. The fourth-order valence-corrected chi connectivity index (χ4v) is 2.17. The molecule has 0 heterocycles. The van der Waals surface area contributed by atoms with Crippen molar-refractivity contribution in [3.63, 3.8) is 0 Å². The Labute approximate surface area is 122 Å². The van der Waals surface area contributed by atoms with Crippen LogP contribution in [-0.4, -0.2) is 29.6 Å². The van der Waals surface area contributed by atoms with E-state index in [-0.39, 0.29) is 29.6 Å². The minimum atomic E-state index is 0. The summed E-state index contributed by atoms with van der Waals surface area (Å²) in [6, 6.07) is 18.7. The van der Waals surface area contributed by atoms with Gasteiger partial charge in [0.15, 0.2) is 0 Å². The van der Waals surface area contributed by atoms with E-state index in [0.29, 0.717) is 0 Å². The van der Waals surface area contributed by atoms with Crippen LogP contribution in [0.4, 0.5) is 0 Å². The van der Waals surface area contributed by atoms with E-state index in [1.165, 1.54) is 16.2 Å². The largest absolute Gasteiger partial charge is 0.0837 e. The molecule has 0 aliphatic rings. The van der Waals surface area contributed by atoms with E-state index >= 15 is 0 Å². The van der Waals surface area contributed by atoms with Crippen LogP contribution in [-0.2, 0) is 0 Å². The molecule has 0 spiro atoms. The van der Waals surface area contributed by atoms with Gasteiger partial charge in [-0.05, 0) is 34.4 Å². The van der Waals surface area contributed by atoms with Crippen molar-refractivity contribution in [3.05, 3.63) is 59.6 Å². The summed E-state index contributed by atoms with van der Waals surface area (Å²) >= 11 is 6.16. The molecule has 0 unspecified atom stereocenters. The normalized spacial score (nSPS) is 10.3. The van der Waals surface area contributed by atoms with Crippen LogP contribution < -0.4 is 0 Å². The maximum absolute atomic E-state index is 6.16. The molecule has 73 valence electrons. The third kappa shape index (κ3) is 1.99. The number of halogens is 1. The van der Waals surface area contributed by atoms with Crippen molar-refractivity contribution in [1.82, 2.24) is 0 Å². The van der Waals surface area contributed by atoms with Crippen molar-refractivity contribution in [1.29, 1.82) is 0 Å². The van der Waals surface area contributed by atoms with E-state index in [9.17, 15) is 0 Å². The second-order valence-corrected chi connectivity index (χ2v) is 4.07. The number of benzene rings is 3. The van der Waals surface area contributed by atoms with Crippen molar-refractivity contribution in [2.45, 2.75) is 0 Å². The quantitative estimate of drug-likeness (QED) is 0.403. The van der Waals surface area contributed by atoms with E-state index in [1.54, 1.807) is 0 Å². The van der Waals surface area contributed by atoms with Gasteiger partial charge in [0.05, 0.1) is 0 Å². The van der Waals surface area contributed by atoms with E-state index in [0.717, 1.165) is 10.4 Å². The Bertz CT molecular complexity index is 646. The second-order valence-electron chi connectivity index (χ2n) is 3.66. The zero-order valence-electron chi connectivity index (χ0n) is 9.07. The fourth-order valence-electron chi connectivity index (χ4n) is 1.93. The van der Waals surface area contributed by atoms with Crippen molar-refractivity contribution in [2.24, 2.45) is 0 Å². The van der Waals surface area contributed by atoms with Gasteiger partial charge in [-0.3, -0.25) is 0 Å². The Hall–Kier alpha value is -0.530. The van der Waals surface area contributed by atoms with Crippen LogP contribution in [0, 0.1) is 0 Å². The van der Waals surface area contributed by atoms with Crippen molar-refractivity contribution in [3.8, 4) is 0 Å². The van der Waals surface area contributed by atoms with Crippen LogP contribution >= 0.6 is 11.6 Å². The van der Waals surface area contributed by atoms with Crippen LogP contribution in [0.5, 0.6) is 0 Å². The molecule has 3 rings (SSSR count). The first-order valence-electron chi connectivity index (χ1n) is 4.92. The Morgan fingerprint density at radius 3 is 2.06 bits per heavy atom. The molecule has 0 atom stereocenters. The number of hydrogen-bond acceptors (Lipinski definition) is 0. The van der Waals surface area contributed by atoms with Crippen LogP contribution in [0.25, 0.3) is 21.5 Å². The Kier molecular flexibility index (Phi) is 3.56. The monoisotopic (exact) mass is 235 g/mol. The zero-order chi connectivity index (χ0) is 10.3. The topological polar surface area (TPSA) is 0 Å². The van der Waals surface area contributed by atoms with Gasteiger partial charge in [0.25, 0.3) is 0 Å². The zero-order valence-corrected chi connectivity index (χ0v) is 11.8. The Morgan fingerprint density at radius 2 is 1.31 bits per heavy atom. The second kappa shape index (κ2) is 4.77. The molecule has 0 aliphatic carbocycles. The molecule has 0 aliphatic heterocycles. The van der Waals surface area contributed by atoms with Crippen LogP contribution in [0.15, 0.2) is 54.6 Å². The van der Waals surface area contributed by atoms with Gasteiger partial charge in [-0.15, -0.1) is 0 Å². The predicted octanol–water partition coefficient (Wildman–Crippen LogP) is 4.27. The van der Waals surface area contributed by atoms with Crippen molar-refractivity contribution in [2.75, 3.05) is 0 Å². The van der Waals surface area contributed by atoms with Crippen LogP contribution in [0.2, 0.25) is 5.02 Å². The molecule has 0 nitrogen and oxygen atoms in total. The van der Waals surface area contributed by atoms with Gasteiger partial charge in [0.1, 0.15) is 0 Å². The van der Waals surface area contributed by atoms with Gasteiger partial charge >= 0.3 is 0 Å². The molecule has 2 heteroatoms. The van der Waals surface area contributed by atoms with Gasteiger partial charge < -0.3 is 0 Å². The summed E-state index contributed by atoms with van der Waals surface area (Å²) in [5.41, 5.74) is 0. The maximum Gasteiger partial charge on any atom is 0.0484 e. The molecule has 0 saturated heterocycles. The fraction of sp³-hybridized carbons (Fsp3) is 0. The molecule has 3 aromatic rings. The van der Waals surface area contributed by atoms with Gasteiger partial charge in [0.2, 0.25) is 0 Å². The van der Waals surface area contributed by atoms with Crippen LogP contribution in [0.3, 0.4) is 0 Å². The van der Waals surface area contributed by atoms with E-state index in [1.807, 2.05) is 18.2 Å². The summed E-state index contributed by atoms with van der Waals surface area (Å²) < 4.78 is 0. The first-order valence-corrected chi connectivity index (χ1v) is 5.29. The van der Waals surface area contributed by atoms with Gasteiger partial charge in [-0.2, -0.15) is 0 Å². The van der Waals surface area contributed by atoms with Crippen LogP contribution in [0.1, 0.15) is 0 Å². The van der Waals surface area contributed by atoms with Gasteiger partial charge in [0, 0.05) is 40.0 Å². The summed E-state index contributed by atoms with van der Waals surface area (Å²) in [5, 5.41) is 5.63. The standard InChI is InChI=1S/C14H9Cl.Na/c15-14-7-3-6-12-8-10-4-1-2-5-11(10)9-13(12)14;/h1-9H;. The molecule has 0 saturated carbocycles.